The van der Waals surface area contributed by atoms with E-state index in [4.69, 9.17) is 21.0 Å². The van der Waals surface area contributed by atoms with Gasteiger partial charge in [0.15, 0.2) is 0 Å². The van der Waals surface area contributed by atoms with Gasteiger partial charge in [-0.25, -0.2) is 4.98 Å². The predicted molar refractivity (Wildman–Crippen MR) is 142 cm³/mol. The average molecular weight is 501 g/mol. The van der Waals surface area contributed by atoms with Crippen molar-refractivity contribution < 1.29 is 4.42 Å². The van der Waals surface area contributed by atoms with Crippen molar-refractivity contribution in [2.75, 3.05) is 0 Å². The lowest BCUT2D eigenvalue weighted by Gasteiger charge is -2.25. The Kier molecular flexibility index (Phi) is 6.32. The van der Waals surface area contributed by atoms with Gasteiger partial charge >= 0.3 is 0 Å². The van der Waals surface area contributed by atoms with Crippen LogP contribution in [0, 0.1) is 0 Å². The molecule has 2 heterocycles. The largest absolute Gasteiger partial charge is 0.411 e. The number of hydrogen-bond donors (Lipinski definition) is 0. The van der Waals surface area contributed by atoms with Crippen molar-refractivity contribution in [2.24, 2.45) is 0 Å². The van der Waals surface area contributed by atoms with E-state index < -0.39 is 0 Å². The van der Waals surface area contributed by atoms with Gasteiger partial charge < -0.3 is 8.98 Å². The summed E-state index contributed by atoms with van der Waals surface area (Å²) < 4.78 is 8.44. The molecule has 0 amide bonds. The Balaban J connectivity index is 1.31. The molecule has 5 aromatic rings. The second-order valence-corrected chi connectivity index (χ2v) is 10.3. The van der Waals surface area contributed by atoms with Crippen LogP contribution >= 0.6 is 23.4 Å². The van der Waals surface area contributed by atoms with Gasteiger partial charge in [-0.3, -0.25) is 0 Å². The van der Waals surface area contributed by atoms with Crippen LogP contribution in [0.1, 0.15) is 43.7 Å². The summed E-state index contributed by atoms with van der Waals surface area (Å²) >= 11 is 7.50. The topological polar surface area (TPSA) is 56.7 Å². The third-order valence-electron chi connectivity index (χ3n) is 6.59. The molecular weight excluding hydrogens is 476 g/mol. The van der Waals surface area contributed by atoms with E-state index in [2.05, 4.69) is 57.2 Å². The number of thioether (sulfide) groups is 1. The van der Waals surface area contributed by atoms with Crippen molar-refractivity contribution in [1.82, 2.24) is 19.7 Å². The first-order valence-electron chi connectivity index (χ1n) is 12.0. The fourth-order valence-corrected chi connectivity index (χ4v) is 5.69. The second-order valence-electron chi connectivity index (χ2n) is 8.96. The summed E-state index contributed by atoms with van der Waals surface area (Å²) in [6.45, 7) is 0. The molecule has 7 heteroatoms. The van der Waals surface area contributed by atoms with E-state index in [-0.39, 0.29) is 0 Å². The molecule has 0 radical (unpaired) electrons. The van der Waals surface area contributed by atoms with Gasteiger partial charge in [0.05, 0.1) is 11.0 Å². The molecule has 0 aliphatic heterocycles. The highest BCUT2D eigenvalue weighted by Gasteiger charge is 2.23. The molecule has 5 nitrogen and oxygen atoms in total. The molecule has 0 atom stereocenters. The molecule has 35 heavy (non-hydrogen) atoms. The van der Waals surface area contributed by atoms with Crippen molar-refractivity contribution in [1.29, 1.82) is 0 Å². The van der Waals surface area contributed by atoms with Crippen LogP contribution in [0.3, 0.4) is 0 Å². The number of halogens is 1. The van der Waals surface area contributed by atoms with E-state index in [1.165, 1.54) is 43.9 Å². The Morgan fingerprint density at radius 3 is 2.49 bits per heavy atom. The molecule has 2 aromatic heterocycles. The van der Waals surface area contributed by atoms with Gasteiger partial charge in [0, 0.05) is 27.9 Å². The summed E-state index contributed by atoms with van der Waals surface area (Å²) in [6.07, 6.45) is 6.27. The fourth-order valence-electron chi connectivity index (χ4n) is 4.84. The first kappa shape index (κ1) is 22.4. The number of hydrogen-bond acceptors (Lipinski definition) is 5. The number of aromatic nitrogens is 4. The molecular formula is C28H25ClN4OS. The maximum absolute atomic E-state index is 5.98. The Bertz CT molecular complexity index is 1440. The maximum atomic E-state index is 5.98. The fraction of sp³-hybridized carbons (Fsp3) is 0.250. The predicted octanol–water partition coefficient (Wildman–Crippen LogP) is 8.20. The molecule has 0 unspecified atom stereocenters. The van der Waals surface area contributed by atoms with E-state index >= 15 is 0 Å². The van der Waals surface area contributed by atoms with Crippen LogP contribution in [0.5, 0.6) is 0 Å². The molecule has 6 rings (SSSR count). The first-order valence-corrected chi connectivity index (χ1v) is 13.4. The Morgan fingerprint density at radius 1 is 0.886 bits per heavy atom. The van der Waals surface area contributed by atoms with Crippen LogP contribution in [0.25, 0.3) is 33.9 Å². The van der Waals surface area contributed by atoms with Gasteiger partial charge in [0.25, 0.3) is 5.22 Å². The standard InChI is InChI=1S/C28H25ClN4OS/c29-22-14-11-19(12-15-22)18-35-28-32-31-27(34-28)21-13-16-25-24(17-21)30-26(20-7-3-1-4-8-20)33(25)23-9-5-2-6-10-23/h1,3-4,7-8,11-17,23H,2,5-6,9-10,18H2. The van der Waals surface area contributed by atoms with Crippen LogP contribution in [-0.2, 0) is 5.75 Å². The average Bonchev–Trinajstić information content (AvgIpc) is 3.54. The van der Waals surface area contributed by atoms with E-state index in [9.17, 15) is 0 Å². The summed E-state index contributed by atoms with van der Waals surface area (Å²) in [7, 11) is 0. The molecule has 0 N–H and O–H groups in total. The lowest BCUT2D eigenvalue weighted by Crippen LogP contribution is -2.13. The molecule has 3 aromatic carbocycles. The summed E-state index contributed by atoms with van der Waals surface area (Å²) in [4.78, 5) is 5.09. The minimum atomic E-state index is 0.481. The zero-order valence-corrected chi connectivity index (χ0v) is 20.8. The molecule has 1 aliphatic rings. The number of benzene rings is 3. The quantitative estimate of drug-likeness (QED) is 0.220. The van der Waals surface area contributed by atoms with Crippen molar-refractivity contribution in [3.63, 3.8) is 0 Å². The zero-order valence-electron chi connectivity index (χ0n) is 19.2. The Hall–Kier alpha value is -3.09. The first-order chi connectivity index (χ1) is 17.2. The molecule has 0 spiro atoms. The highest BCUT2D eigenvalue weighted by atomic mass is 35.5. The van der Waals surface area contributed by atoms with Crippen LogP contribution in [0.2, 0.25) is 5.02 Å². The lowest BCUT2D eigenvalue weighted by atomic mass is 9.95. The molecule has 0 saturated heterocycles. The van der Waals surface area contributed by atoms with Gasteiger partial charge in [0.2, 0.25) is 5.89 Å². The van der Waals surface area contributed by atoms with Crippen molar-refractivity contribution in [2.45, 2.75) is 49.1 Å². The van der Waals surface area contributed by atoms with Gasteiger partial charge in [-0.05, 0) is 48.7 Å². The van der Waals surface area contributed by atoms with Crippen LogP contribution in [-0.4, -0.2) is 19.7 Å². The third-order valence-corrected chi connectivity index (χ3v) is 7.73. The summed E-state index contributed by atoms with van der Waals surface area (Å²) in [6, 6.07) is 25.1. The molecule has 176 valence electrons. The monoisotopic (exact) mass is 500 g/mol. The summed E-state index contributed by atoms with van der Waals surface area (Å²) in [5.41, 5.74) is 5.31. The molecule has 1 aliphatic carbocycles. The smallest absolute Gasteiger partial charge is 0.277 e. The van der Waals surface area contributed by atoms with Crippen molar-refractivity contribution in [3.05, 3.63) is 83.4 Å². The van der Waals surface area contributed by atoms with Crippen LogP contribution < -0.4 is 0 Å². The highest BCUT2D eigenvalue weighted by molar-refractivity contribution is 7.98. The number of nitrogens with zero attached hydrogens (tertiary/aromatic N) is 4. The van der Waals surface area contributed by atoms with Gasteiger partial charge in [-0.2, -0.15) is 0 Å². The van der Waals surface area contributed by atoms with E-state index in [1.54, 1.807) is 0 Å². The Morgan fingerprint density at radius 2 is 1.69 bits per heavy atom. The Labute approximate surface area is 213 Å². The maximum Gasteiger partial charge on any atom is 0.277 e. The molecule has 1 fully saturated rings. The van der Waals surface area contributed by atoms with E-state index in [0.717, 1.165) is 44.3 Å². The second kappa shape index (κ2) is 9.88. The number of rotatable bonds is 6. The number of fused-ring (bicyclic) bond motifs is 1. The minimum absolute atomic E-state index is 0.481. The van der Waals surface area contributed by atoms with Crippen LogP contribution in [0.4, 0.5) is 0 Å². The molecule has 0 bridgehead atoms. The zero-order chi connectivity index (χ0) is 23.6. The normalized spacial score (nSPS) is 14.5. The van der Waals surface area contributed by atoms with Crippen LogP contribution in [0.15, 0.2) is 82.4 Å². The van der Waals surface area contributed by atoms with Crippen molar-refractivity contribution in [3.8, 4) is 22.8 Å². The lowest BCUT2D eigenvalue weighted by molar-refractivity contribution is 0.362. The third kappa shape index (κ3) is 4.73. The van der Waals surface area contributed by atoms with Crippen molar-refractivity contribution >= 4 is 34.4 Å². The van der Waals surface area contributed by atoms with Gasteiger partial charge in [0.1, 0.15) is 5.82 Å². The SMILES string of the molecule is Clc1ccc(CSc2nnc(-c3ccc4c(c3)nc(-c3ccccc3)n4C3CCCCC3)o2)cc1. The summed E-state index contributed by atoms with van der Waals surface area (Å²) in [5.74, 6) is 2.29. The molecule has 1 saturated carbocycles. The van der Waals surface area contributed by atoms with Gasteiger partial charge in [-0.1, -0.05) is 85.1 Å². The number of imidazole rings is 1. The van der Waals surface area contributed by atoms with Gasteiger partial charge in [-0.15, -0.1) is 10.2 Å². The highest BCUT2D eigenvalue weighted by Crippen LogP contribution is 2.37. The summed E-state index contributed by atoms with van der Waals surface area (Å²) in [5, 5.41) is 9.83. The van der Waals surface area contributed by atoms with E-state index in [0.29, 0.717) is 17.2 Å². The minimum Gasteiger partial charge on any atom is -0.411 e. The van der Waals surface area contributed by atoms with E-state index in [1.807, 2.05) is 30.3 Å².